The summed E-state index contributed by atoms with van der Waals surface area (Å²) in [6.07, 6.45) is 9.91. The Labute approximate surface area is 289 Å². The third-order valence-electron chi connectivity index (χ3n) is 10.8. The smallest absolute Gasteiger partial charge is 0.243 e. The summed E-state index contributed by atoms with van der Waals surface area (Å²) in [6.45, 7) is 0.844. The van der Waals surface area contributed by atoms with Crippen LogP contribution in [-0.2, 0) is 14.8 Å². The molecule has 48 heavy (non-hydrogen) atoms. The van der Waals surface area contributed by atoms with Crippen molar-refractivity contribution in [3.8, 4) is 22.6 Å². The number of amides is 1. The number of ether oxygens (including phenoxy) is 2. The predicted molar refractivity (Wildman–Crippen MR) is 188 cm³/mol. The molecule has 1 aliphatic carbocycles. The maximum atomic E-state index is 14.4. The SMILES string of the molecule is NC1CC2CCC(C1)N2C(=O)[C@H]1C[C@H](Oc2ccc(-c3ccc(Cl)cc3)cc2)CCN1S(=O)(=O)c1ccc(OCC2CCCCC2)cc1. The second kappa shape index (κ2) is 14.4. The molecule has 10 heteroatoms. The number of carbonyl (C=O) groups excluding carboxylic acids is 1. The number of fused-ring (bicyclic) bond motifs is 2. The third-order valence-corrected chi connectivity index (χ3v) is 13.0. The zero-order valence-electron chi connectivity index (χ0n) is 27.4. The van der Waals surface area contributed by atoms with Gasteiger partial charge in [0.2, 0.25) is 15.9 Å². The Bertz CT molecular complexity index is 1650. The van der Waals surface area contributed by atoms with E-state index >= 15 is 0 Å². The van der Waals surface area contributed by atoms with E-state index in [1.54, 1.807) is 24.3 Å². The number of piperidine rings is 2. The van der Waals surface area contributed by atoms with E-state index in [0.29, 0.717) is 35.5 Å². The average molecular weight is 692 g/mol. The Kier molecular flexibility index (Phi) is 10.0. The summed E-state index contributed by atoms with van der Waals surface area (Å²) in [5.41, 5.74) is 8.42. The number of nitrogens with zero attached hydrogens (tertiary/aromatic N) is 2. The number of benzene rings is 3. The number of hydrogen-bond acceptors (Lipinski definition) is 6. The highest BCUT2D eigenvalue weighted by molar-refractivity contribution is 7.89. The molecule has 1 amide bonds. The molecular formula is C38H46ClN3O5S. The van der Waals surface area contributed by atoms with Crippen molar-refractivity contribution in [1.82, 2.24) is 9.21 Å². The fraction of sp³-hybridized carbons (Fsp3) is 0.500. The predicted octanol–water partition coefficient (Wildman–Crippen LogP) is 7.05. The minimum Gasteiger partial charge on any atom is -0.493 e. The lowest BCUT2D eigenvalue weighted by atomic mass is 9.90. The molecule has 0 spiro atoms. The van der Waals surface area contributed by atoms with Gasteiger partial charge in [0, 0.05) is 36.1 Å². The maximum Gasteiger partial charge on any atom is 0.243 e. The Balaban J connectivity index is 1.08. The molecule has 3 aromatic rings. The number of sulfonamides is 1. The highest BCUT2D eigenvalue weighted by atomic mass is 35.5. The van der Waals surface area contributed by atoms with Crippen molar-refractivity contribution in [2.24, 2.45) is 11.7 Å². The lowest BCUT2D eigenvalue weighted by Gasteiger charge is -2.44. The summed E-state index contributed by atoms with van der Waals surface area (Å²) in [7, 11) is -3.97. The van der Waals surface area contributed by atoms with Crippen LogP contribution >= 0.6 is 11.6 Å². The van der Waals surface area contributed by atoms with Crippen molar-refractivity contribution in [1.29, 1.82) is 0 Å². The van der Waals surface area contributed by atoms with E-state index in [0.717, 1.165) is 36.8 Å². The number of carbonyl (C=O) groups is 1. The van der Waals surface area contributed by atoms with Crippen LogP contribution in [0.4, 0.5) is 0 Å². The van der Waals surface area contributed by atoms with Crippen molar-refractivity contribution in [2.45, 2.75) is 106 Å². The van der Waals surface area contributed by atoms with Crippen LogP contribution in [0, 0.1) is 5.92 Å². The first kappa shape index (κ1) is 33.4. The van der Waals surface area contributed by atoms with Crippen LogP contribution in [0.25, 0.3) is 11.1 Å². The van der Waals surface area contributed by atoms with Crippen molar-refractivity contribution in [3.05, 3.63) is 77.8 Å². The minimum atomic E-state index is -3.97. The normalized spacial score (nSPS) is 26.7. The Morgan fingerprint density at radius 1 is 0.771 bits per heavy atom. The first-order valence-corrected chi connectivity index (χ1v) is 19.4. The molecule has 2 N–H and O–H groups in total. The summed E-state index contributed by atoms with van der Waals surface area (Å²) in [5, 5.41) is 0.687. The van der Waals surface area contributed by atoms with Crippen LogP contribution in [0.5, 0.6) is 11.5 Å². The molecule has 4 atom stereocenters. The van der Waals surface area contributed by atoms with Crippen molar-refractivity contribution >= 4 is 27.5 Å². The number of nitrogens with two attached hydrogens (primary N) is 1. The third kappa shape index (κ3) is 7.25. The van der Waals surface area contributed by atoms with Crippen molar-refractivity contribution < 1.29 is 22.7 Å². The fourth-order valence-corrected chi connectivity index (χ4v) is 9.99. The molecule has 1 saturated carbocycles. The van der Waals surface area contributed by atoms with Gasteiger partial charge in [0.25, 0.3) is 0 Å². The van der Waals surface area contributed by atoms with Crippen molar-refractivity contribution in [2.75, 3.05) is 13.2 Å². The Morgan fingerprint density at radius 2 is 1.38 bits per heavy atom. The van der Waals surface area contributed by atoms with Gasteiger partial charge in [0.05, 0.1) is 11.5 Å². The summed E-state index contributed by atoms with van der Waals surface area (Å²) in [5.74, 6) is 1.78. The number of rotatable bonds is 9. The molecule has 3 aliphatic heterocycles. The van der Waals surface area contributed by atoms with E-state index in [-0.39, 0.29) is 48.0 Å². The molecule has 3 saturated heterocycles. The quantitative estimate of drug-likeness (QED) is 0.258. The zero-order valence-corrected chi connectivity index (χ0v) is 29.0. The fourth-order valence-electron chi connectivity index (χ4n) is 8.25. The van der Waals surface area contributed by atoms with Crippen LogP contribution in [0.2, 0.25) is 5.02 Å². The molecular weight excluding hydrogens is 646 g/mol. The van der Waals surface area contributed by atoms with Crippen LogP contribution in [0.3, 0.4) is 0 Å². The highest BCUT2D eigenvalue weighted by Crippen LogP contribution is 2.38. The lowest BCUT2D eigenvalue weighted by Crippen LogP contribution is -2.60. The minimum absolute atomic E-state index is 0.0538. The van der Waals surface area contributed by atoms with Gasteiger partial charge in [-0.3, -0.25) is 4.79 Å². The van der Waals surface area contributed by atoms with E-state index in [1.807, 2.05) is 53.4 Å². The van der Waals surface area contributed by atoms with Gasteiger partial charge in [-0.05, 0) is 111 Å². The van der Waals surface area contributed by atoms with Crippen LogP contribution in [0.15, 0.2) is 77.7 Å². The van der Waals surface area contributed by atoms with E-state index in [1.165, 1.54) is 36.4 Å². The number of halogens is 1. The molecule has 0 radical (unpaired) electrons. The van der Waals surface area contributed by atoms with Crippen LogP contribution in [0.1, 0.15) is 70.6 Å². The van der Waals surface area contributed by atoms with E-state index in [4.69, 9.17) is 26.8 Å². The molecule has 3 heterocycles. The molecule has 0 aromatic heterocycles. The Hall–Kier alpha value is -3.11. The monoisotopic (exact) mass is 691 g/mol. The summed E-state index contributed by atoms with van der Waals surface area (Å²) in [4.78, 5) is 16.5. The van der Waals surface area contributed by atoms with Gasteiger partial charge in [-0.1, -0.05) is 55.1 Å². The van der Waals surface area contributed by atoms with E-state index in [9.17, 15) is 13.2 Å². The highest BCUT2D eigenvalue weighted by Gasteiger charge is 2.49. The average Bonchev–Trinajstić information content (AvgIpc) is 3.38. The Morgan fingerprint density at radius 3 is 2.02 bits per heavy atom. The molecule has 256 valence electrons. The van der Waals surface area contributed by atoms with Crippen LogP contribution in [-0.4, -0.2) is 67.0 Å². The van der Waals surface area contributed by atoms with Gasteiger partial charge in [0.1, 0.15) is 23.6 Å². The first-order chi connectivity index (χ1) is 23.2. The lowest BCUT2D eigenvalue weighted by molar-refractivity contribution is -0.142. The summed E-state index contributed by atoms with van der Waals surface area (Å²) < 4.78 is 42.4. The standard InChI is InChI=1S/C38H46ClN3O5S/c39-29-10-6-27(7-11-29)28-8-14-34(15-9-28)47-35-20-21-41(37(24-35)38(43)42-31-12-13-32(42)23-30(40)22-31)48(44,45)36-18-16-33(17-19-36)46-25-26-4-2-1-3-5-26/h6-11,14-19,26,30-32,35,37H,1-5,12-13,20-25,40H2/t30?,31?,32?,35-,37-/m1/s1. The second-order valence-electron chi connectivity index (χ2n) is 14.1. The van der Waals surface area contributed by atoms with E-state index in [2.05, 4.69) is 0 Å². The van der Waals surface area contributed by atoms with Crippen molar-refractivity contribution in [3.63, 3.8) is 0 Å². The van der Waals surface area contributed by atoms with Gasteiger partial charge in [-0.2, -0.15) is 4.31 Å². The van der Waals surface area contributed by atoms with Gasteiger partial charge in [-0.15, -0.1) is 0 Å². The topological polar surface area (TPSA) is 102 Å². The van der Waals surface area contributed by atoms with Gasteiger partial charge >= 0.3 is 0 Å². The zero-order chi connectivity index (χ0) is 33.3. The molecule has 3 aromatic carbocycles. The number of hydrogen-bond donors (Lipinski definition) is 1. The molecule has 4 aliphatic rings. The van der Waals surface area contributed by atoms with Crippen LogP contribution < -0.4 is 15.2 Å². The van der Waals surface area contributed by atoms with E-state index < -0.39 is 16.1 Å². The molecule has 4 fully saturated rings. The largest absolute Gasteiger partial charge is 0.493 e. The van der Waals surface area contributed by atoms with Gasteiger partial charge in [0.15, 0.2) is 0 Å². The molecule has 8 nitrogen and oxygen atoms in total. The maximum absolute atomic E-state index is 14.4. The van der Waals surface area contributed by atoms with Gasteiger partial charge < -0.3 is 20.1 Å². The first-order valence-electron chi connectivity index (χ1n) is 17.6. The summed E-state index contributed by atoms with van der Waals surface area (Å²) >= 11 is 6.06. The molecule has 2 bridgehead atoms. The molecule has 2 unspecified atom stereocenters. The second-order valence-corrected chi connectivity index (χ2v) is 16.4. The van der Waals surface area contributed by atoms with Gasteiger partial charge in [-0.25, -0.2) is 8.42 Å². The molecule has 7 rings (SSSR count). The summed E-state index contributed by atoms with van der Waals surface area (Å²) in [6, 6.07) is 21.5.